The average Bonchev–Trinajstić information content (AvgIpc) is 3.44. The van der Waals surface area contributed by atoms with E-state index in [0.29, 0.717) is 23.2 Å². The van der Waals surface area contributed by atoms with E-state index in [2.05, 4.69) is 37.3 Å². The summed E-state index contributed by atoms with van der Waals surface area (Å²) in [6, 6.07) is 6.30. The van der Waals surface area contributed by atoms with Gasteiger partial charge in [-0.25, -0.2) is 18.7 Å². The summed E-state index contributed by atoms with van der Waals surface area (Å²) in [5.74, 6) is 0.580. The van der Waals surface area contributed by atoms with Gasteiger partial charge in [-0.3, -0.25) is 14.7 Å². The number of fused-ring (bicyclic) bond motifs is 1. The first-order chi connectivity index (χ1) is 23.3. The van der Waals surface area contributed by atoms with Gasteiger partial charge >= 0.3 is 12.1 Å². The molecule has 1 fully saturated rings. The minimum absolute atomic E-state index is 0.0573. The second-order valence-corrected chi connectivity index (χ2v) is 11.7. The SMILES string of the molecule is CN(C)CCCN(C)c1ccc(C(=O)Nc2n[nH]c3ncc(C#Cc4cc(F)cc(F)c4)nc23)c(N(C(=O)C(F)(F)F)C2CCOCC2)c1. The lowest BCUT2D eigenvalue weighted by molar-refractivity contribution is -0.171. The van der Waals surface area contributed by atoms with Gasteiger partial charge in [0.25, 0.3) is 5.91 Å². The molecule has 16 heteroatoms. The number of ether oxygens (including phenoxy) is 1. The van der Waals surface area contributed by atoms with Gasteiger partial charge in [-0.2, -0.15) is 18.3 Å². The summed E-state index contributed by atoms with van der Waals surface area (Å²) in [4.78, 5) is 39.9. The van der Waals surface area contributed by atoms with Crippen LogP contribution in [0.25, 0.3) is 11.2 Å². The number of carbonyl (C=O) groups excluding carboxylic acids is 2. The van der Waals surface area contributed by atoms with Crippen LogP contribution in [0.3, 0.4) is 0 Å². The van der Waals surface area contributed by atoms with E-state index in [4.69, 9.17) is 4.74 Å². The van der Waals surface area contributed by atoms with Crippen molar-refractivity contribution in [2.75, 3.05) is 62.6 Å². The molecule has 3 heterocycles. The van der Waals surface area contributed by atoms with Crippen LogP contribution in [0.1, 0.15) is 40.9 Å². The number of anilines is 3. The molecular weight excluding hydrogens is 651 g/mol. The first-order valence-electron chi connectivity index (χ1n) is 15.3. The number of H-pyrrole nitrogens is 1. The Bertz CT molecular complexity index is 1880. The second kappa shape index (κ2) is 15.0. The molecule has 2 aromatic heterocycles. The molecule has 5 rings (SSSR count). The molecule has 0 atom stereocenters. The maximum atomic E-state index is 14.1. The van der Waals surface area contributed by atoms with Crippen LogP contribution < -0.4 is 15.1 Å². The number of halogens is 5. The van der Waals surface area contributed by atoms with Crippen molar-refractivity contribution in [2.24, 2.45) is 0 Å². The molecule has 11 nitrogen and oxygen atoms in total. The molecule has 1 aliphatic heterocycles. The number of hydrogen-bond donors (Lipinski definition) is 2. The summed E-state index contributed by atoms with van der Waals surface area (Å²) in [6.45, 7) is 1.63. The van der Waals surface area contributed by atoms with E-state index in [0.717, 1.165) is 25.1 Å². The largest absolute Gasteiger partial charge is 0.471 e. The Morgan fingerprint density at radius 3 is 2.41 bits per heavy atom. The van der Waals surface area contributed by atoms with Crippen LogP contribution in [0.2, 0.25) is 0 Å². The van der Waals surface area contributed by atoms with Crippen LogP contribution in [0.15, 0.2) is 42.6 Å². The molecule has 1 aliphatic rings. The van der Waals surface area contributed by atoms with Crippen molar-refractivity contribution in [2.45, 2.75) is 31.5 Å². The Morgan fingerprint density at radius 2 is 1.73 bits per heavy atom. The van der Waals surface area contributed by atoms with Crippen molar-refractivity contribution in [3.8, 4) is 11.8 Å². The van der Waals surface area contributed by atoms with Crippen LogP contribution in [0, 0.1) is 23.5 Å². The Balaban J connectivity index is 1.51. The van der Waals surface area contributed by atoms with Crippen molar-refractivity contribution < 1.29 is 36.3 Å². The second-order valence-electron chi connectivity index (χ2n) is 11.7. The molecular formula is C33H33F5N8O3. The first kappa shape index (κ1) is 35.2. The van der Waals surface area contributed by atoms with Crippen molar-refractivity contribution >= 4 is 40.2 Å². The van der Waals surface area contributed by atoms with Crippen molar-refractivity contribution in [3.05, 3.63) is 71.1 Å². The lowest BCUT2D eigenvalue weighted by atomic mass is 10.0. The molecule has 2 aromatic carbocycles. The van der Waals surface area contributed by atoms with E-state index >= 15 is 0 Å². The standard InChI is InChI=1S/C33H33F5N8O3/c1-44(2)11-4-12-45(3)25-7-8-26(27(18-25)46(32(48)33(36,37)38)24-9-13-49-14-10-24)31(47)41-30-28-29(42-43-30)39-19-23(40-28)6-5-20-15-21(34)17-22(35)16-20/h7-8,15-19,24H,4,9-14H2,1-3H3,(H2,39,41,42,43,47). The van der Waals surface area contributed by atoms with E-state index < -0.39 is 35.7 Å². The van der Waals surface area contributed by atoms with Crippen molar-refractivity contribution in [3.63, 3.8) is 0 Å². The first-order valence-corrected chi connectivity index (χ1v) is 15.3. The number of carbonyl (C=O) groups is 2. The monoisotopic (exact) mass is 684 g/mol. The summed E-state index contributed by atoms with van der Waals surface area (Å²) >= 11 is 0. The molecule has 1 saturated heterocycles. The highest BCUT2D eigenvalue weighted by atomic mass is 19.4. The van der Waals surface area contributed by atoms with Gasteiger partial charge in [0.2, 0.25) is 0 Å². The van der Waals surface area contributed by atoms with Gasteiger partial charge in [-0.15, -0.1) is 0 Å². The Kier molecular flexibility index (Phi) is 10.7. The highest BCUT2D eigenvalue weighted by molar-refractivity contribution is 6.13. The highest BCUT2D eigenvalue weighted by Gasteiger charge is 2.46. The number of benzene rings is 2. The van der Waals surface area contributed by atoms with Crippen LogP contribution in [-0.2, 0) is 9.53 Å². The molecule has 0 saturated carbocycles. The van der Waals surface area contributed by atoms with E-state index in [-0.39, 0.29) is 65.5 Å². The lowest BCUT2D eigenvalue weighted by Gasteiger charge is -2.36. The minimum Gasteiger partial charge on any atom is -0.381 e. The van der Waals surface area contributed by atoms with Gasteiger partial charge in [-0.1, -0.05) is 5.92 Å². The summed E-state index contributed by atoms with van der Waals surface area (Å²) in [5, 5.41) is 9.25. The molecule has 0 aliphatic carbocycles. The Morgan fingerprint density at radius 1 is 1.02 bits per heavy atom. The number of rotatable bonds is 9. The average molecular weight is 685 g/mol. The number of aromatic nitrogens is 4. The molecule has 2 amide bonds. The third-order valence-corrected chi connectivity index (χ3v) is 7.74. The molecule has 49 heavy (non-hydrogen) atoms. The normalized spacial score (nSPS) is 13.7. The third-order valence-electron chi connectivity index (χ3n) is 7.74. The number of aromatic amines is 1. The van der Waals surface area contributed by atoms with Crippen LogP contribution in [-0.4, -0.2) is 96.5 Å². The van der Waals surface area contributed by atoms with Gasteiger partial charge in [0.1, 0.15) is 17.3 Å². The summed E-state index contributed by atoms with van der Waals surface area (Å²) in [5.41, 5.74) is 0.446. The van der Waals surface area contributed by atoms with Gasteiger partial charge < -0.3 is 24.8 Å². The summed E-state index contributed by atoms with van der Waals surface area (Å²) in [6.07, 6.45) is -2.91. The quantitative estimate of drug-likeness (QED) is 0.192. The molecule has 0 radical (unpaired) electrons. The van der Waals surface area contributed by atoms with Crippen LogP contribution >= 0.6 is 0 Å². The zero-order chi connectivity index (χ0) is 35.3. The summed E-state index contributed by atoms with van der Waals surface area (Å²) in [7, 11) is 5.63. The van der Waals surface area contributed by atoms with Crippen molar-refractivity contribution in [1.29, 1.82) is 0 Å². The van der Waals surface area contributed by atoms with E-state index in [1.54, 1.807) is 13.1 Å². The maximum absolute atomic E-state index is 14.1. The fourth-order valence-corrected chi connectivity index (χ4v) is 5.34. The smallest absolute Gasteiger partial charge is 0.381 e. The maximum Gasteiger partial charge on any atom is 0.471 e. The molecule has 0 spiro atoms. The third kappa shape index (κ3) is 8.67. The zero-order valence-electron chi connectivity index (χ0n) is 26.9. The fraction of sp³-hybridized carbons (Fsp3) is 0.364. The molecule has 0 bridgehead atoms. The van der Waals surface area contributed by atoms with Crippen molar-refractivity contribution in [1.82, 2.24) is 25.1 Å². The minimum atomic E-state index is -5.22. The topological polar surface area (TPSA) is 120 Å². The molecule has 0 unspecified atom stereocenters. The number of amides is 2. The van der Waals surface area contributed by atoms with Gasteiger partial charge in [-0.05, 0) is 76.2 Å². The Hall–Kier alpha value is -5.14. The predicted molar refractivity (Wildman–Crippen MR) is 172 cm³/mol. The van der Waals surface area contributed by atoms with Crippen LogP contribution in [0.4, 0.5) is 39.1 Å². The van der Waals surface area contributed by atoms with Gasteiger partial charge in [0.05, 0.1) is 17.4 Å². The number of nitrogens with one attached hydrogen (secondary N) is 2. The number of nitrogens with zero attached hydrogens (tertiary/aromatic N) is 6. The zero-order valence-corrected chi connectivity index (χ0v) is 26.9. The van der Waals surface area contributed by atoms with E-state index in [1.165, 1.54) is 18.3 Å². The molecule has 4 aromatic rings. The van der Waals surface area contributed by atoms with Gasteiger partial charge in [0, 0.05) is 50.2 Å². The van der Waals surface area contributed by atoms with Crippen LogP contribution in [0.5, 0.6) is 0 Å². The van der Waals surface area contributed by atoms with Gasteiger partial charge in [0.15, 0.2) is 17.0 Å². The summed E-state index contributed by atoms with van der Waals surface area (Å²) < 4.78 is 74.8. The predicted octanol–water partition coefficient (Wildman–Crippen LogP) is 4.75. The Labute approximate surface area is 278 Å². The lowest BCUT2D eigenvalue weighted by Crippen LogP contribution is -2.50. The van der Waals surface area contributed by atoms with E-state index in [1.807, 2.05) is 23.9 Å². The highest BCUT2D eigenvalue weighted by Crippen LogP contribution is 2.35. The fourth-order valence-electron chi connectivity index (χ4n) is 5.34. The molecule has 2 N–H and O–H groups in total. The molecule has 258 valence electrons. The number of hydrogen-bond acceptors (Lipinski definition) is 8. The van der Waals surface area contributed by atoms with E-state index in [9.17, 15) is 31.5 Å². The number of alkyl halides is 3.